The van der Waals surface area contributed by atoms with Gasteiger partial charge < -0.3 is 0 Å². The molecule has 0 N–H and O–H groups in total. The van der Waals surface area contributed by atoms with E-state index in [1.165, 1.54) is 6.20 Å². The number of benzene rings is 1. The molecule has 0 atom stereocenters. The van der Waals surface area contributed by atoms with Crippen LogP contribution in [0.1, 0.15) is 10.5 Å². The number of nitrogens with zero attached hydrogens (tertiary/aromatic N) is 1. The first-order valence-corrected chi connectivity index (χ1v) is 5.34. The fourth-order valence-electron chi connectivity index (χ4n) is 1.36. The van der Waals surface area contributed by atoms with Gasteiger partial charge in [-0.15, -0.1) is 0 Å². The van der Waals surface area contributed by atoms with Crippen molar-refractivity contribution in [3.05, 3.63) is 42.2 Å². The second-order valence-electron chi connectivity index (χ2n) is 2.83. The molecule has 0 aliphatic carbocycles. The number of hydrogen-bond donors (Lipinski definition) is 0. The summed E-state index contributed by atoms with van der Waals surface area (Å²) in [6.45, 7) is 0. The third kappa shape index (κ3) is 1.96. The average molecular weight is 239 g/mol. The van der Waals surface area contributed by atoms with Crippen molar-refractivity contribution in [1.82, 2.24) is 4.98 Å². The summed E-state index contributed by atoms with van der Waals surface area (Å²) >= 11 is -1.63. The number of hydrogen-bond acceptors (Lipinski definition) is 4. The molecule has 1 aromatic heterocycles. The van der Waals surface area contributed by atoms with Gasteiger partial charge in [0.25, 0.3) is 0 Å². The van der Waals surface area contributed by atoms with Crippen LogP contribution in [0.15, 0.2) is 36.5 Å². The second-order valence-corrected chi connectivity index (χ2v) is 3.35. The van der Waals surface area contributed by atoms with Crippen LogP contribution < -0.4 is 0 Å². The monoisotopic (exact) mass is 239 g/mol. The predicted octanol–water partition coefficient (Wildman–Crippen LogP) is 1.73. The van der Waals surface area contributed by atoms with Crippen molar-refractivity contribution in [3.63, 3.8) is 0 Å². The Balaban J connectivity index is 2.60. The molecule has 1 heterocycles. The van der Waals surface area contributed by atoms with Crippen LogP contribution in [0.5, 0.6) is 0 Å². The topological polar surface area (TPSA) is 56.3 Å². The summed E-state index contributed by atoms with van der Waals surface area (Å²) < 4.78 is 14.7. The normalized spacial score (nSPS) is 9.87. The first-order chi connectivity index (χ1) is 7.33. The SMILES string of the molecule is [O]=[V][O]C(=O)c1nccc2ccccc12. The molecule has 5 heteroatoms. The van der Waals surface area contributed by atoms with Crippen LogP contribution >= 0.6 is 0 Å². The molecule has 2 aromatic rings. The number of rotatable bonds is 2. The van der Waals surface area contributed by atoms with Gasteiger partial charge in [-0.2, -0.15) is 0 Å². The summed E-state index contributed by atoms with van der Waals surface area (Å²) in [5.41, 5.74) is 0.208. The number of pyridine rings is 1. The minimum atomic E-state index is -1.63. The summed E-state index contributed by atoms with van der Waals surface area (Å²) in [6, 6.07) is 9.14. The third-order valence-corrected chi connectivity index (χ3v) is 2.36. The van der Waals surface area contributed by atoms with Gasteiger partial charge in [0.05, 0.1) is 0 Å². The van der Waals surface area contributed by atoms with Crippen molar-refractivity contribution < 1.29 is 28.7 Å². The standard InChI is InChI=1S/C10H7NO2.O.V/c12-10(13)9-8-4-2-1-3-7(8)5-6-11-9;;/h1-6H,(H,12,13);;/q;;+1/p-1. The van der Waals surface area contributed by atoms with Crippen molar-refractivity contribution >= 4 is 16.7 Å². The zero-order valence-electron chi connectivity index (χ0n) is 7.58. The fraction of sp³-hybridized carbons (Fsp3) is 0. The van der Waals surface area contributed by atoms with Crippen molar-refractivity contribution in [3.8, 4) is 0 Å². The van der Waals surface area contributed by atoms with E-state index >= 15 is 0 Å². The molecule has 0 aliphatic rings. The Labute approximate surface area is 92.9 Å². The van der Waals surface area contributed by atoms with Crippen molar-refractivity contribution in [1.29, 1.82) is 0 Å². The zero-order valence-corrected chi connectivity index (χ0v) is 8.98. The fourth-order valence-corrected chi connectivity index (χ4v) is 1.60. The van der Waals surface area contributed by atoms with Crippen molar-refractivity contribution in [2.45, 2.75) is 0 Å². The van der Waals surface area contributed by atoms with E-state index in [4.69, 9.17) is 0 Å². The summed E-state index contributed by atoms with van der Waals surface area (Å²) in [4.78, 5) is 15.3. The molecule has 0 spiro atoms. The molecule has 15 heavy (non-hydrogen) atoms. The van der Waals surface area contributed by atoms with Gasteiger partial charge >= 0.3 is 92.7 Å². The van der Waals surface area contributed by atoms with Crippen LogP contribution in [-0.2, 0) is 23.9 Å². The Morgan fingerprint density at radius 1 is 1.27 bits per heavy atom. The van der Waals surface area contributed by atoms with Gasteiger partial charge in [-0.1, -0.05) is 0 Å². The number of aromatic nitrogens is 1. The Hall–Kier alpha value is -1.52. The molecule has 0 fully saturated rings. The van der Waals surface area contributed by atoms with E-state index in [-0.39, 0.29) is 5.69 Å². The molecular formula is C10H6NO3V. The van der Waals surface area contributed by atoms with Crippen LogP contribution in [0.3, 0.4) is 0 Å². The molecule has 0 unspecified atom stereocenters. The average Bonchev–Trinajstić information content (AvgIpc) is 2.28. The molecule has 0 saturated heterocycles. The maximum atomic E-state index is 11.4. The number of carbonyl (C=O) groups excluding carboxylic acids is 1. The molecular weight excluding hydrogens is 233 g/mol. The quantitative estimate of drug-likeness (QED) is 0.800. The predicted molar refractivity (Wildman–Crippen MR) is 47.8 cm³/mol. The van der Waals surface area contributed by atoms with Gasteiger partial charge in [0.2, 0.25) is 0 Å². The van der Waals surface area contributed by atoms with Crippen LogP contribution in [0.2, 0.25) is 0 Å². The molecule has 1 aromatic carbocycles. The summed E-state index contributed by atoms with van der Waals surface area (Å²) in [6.07, 6.45) is 1.53. The molecule has 4 nitrogen and oxygen atoms in total. The molecule has 0 amide bonds. The molecule has 74 valence electrons. The van der Waals surface area contributed by atoms with Crippen LogP contribution in [0.4, 0.5) is 0 Å². The van der Waals surface area contributed by atoms with Gasteiger partial charge in [-0.3, -0.25) is 0 Å². The van der Waals surface area contributed by atoms with E-state index in [0.717, 1.165) is 5.39 Å². The van der Waals surface area contributed by atoms with Gasteiger partial charge in [-0.25, -0.2) is 0 Å². The maximum absolute atomic E-state index is 11.4. The zero-order chi connectivity index (χ0) is 10.7. The van der Waals surface area contributed by atoms with Crippen LogP contribution in [0.25, 0.3) is 10.8 Å². The van der Waals surface area contributed by atoms with E-state index in [9.17, 15) is 8.47 Å². The number of carbonyl (C=O) groups is 1. The van der Waals surface area contributed by atoms with Gasteiger partial charge in [-0.05, 0) is 0 Å². The third-order valence-electron chi connectivity index (χ3n) is 1.99. The van der Waals surface area contributed by atoms with Gasteiger partial charge in [0.15, 0.2) is 0 Å². The van der Waals surface area contributed by atoms with E-state index < -0.39 is 22.6 Å². The second kappa shape index (κ2) is 4.34. The van der Waals surface area contributed by atoms with E-state index in [1.54, 1.807) is 12.1 Å². The van der Waals surface area contributed by atoms with Crippen molar-refractivity contribution in [2.24, 2.45) is 0 Å². The number of fused-ring (bicyclic) bond motifs is 1. The van der Waals surface area contributed by atoms with E-state index in [0.29, 0.717) is 5.39 Å². The molecule has 0 aliphatic heterocycles. The summed E-state index contributed by atoms with van der Waals surface area (Å²) in [7, 11) is 0. The van der Waals surface area contributed by atoms with E-state index in [2.05, 4.69) is 8.65 Å². The summed E-state index contributed by atoms with van der Waals surface area (Å²) in [5.74, 6) is -0.637. The molecule has 2 rings (SSSR count). The first kappa shape index (κ1) is 10.0. The Morgan fingerprint density at radius 2 is 2.07 bits per heavy atom. The van der Waals surface area contributed by atoms with Crippen LogP contribution in [-0.4, -0.2) is 11.0 Å². The van der Waals surface area contributed by atoms with Crippen LogP contribution in [0, 0.1) is 0 Å². The van der Waals surface area contributed by atoms with Gasteiger partial charge in [0, 0.05) is 0 Å². The Morgan fingerprint density at radius 3 is 2.87 bits per heavy atom. The first-order valence-electron chi connectivity index (χ1n) is 4.20. The minimum absolute atomic E-state index is 0.208. The molecule has 0 saturated carbocycles. The summed E-state index contributed by atoms with van der Waals surface area (Å²) in [5, 5.41) is 1.61. The molecule has 0 bridgehead atoms. The van der Waals surface area contributed by atoms with E-state index in [1.807, 2.05) is 18.2 Å². The Kier molecular flexibility index (Phi) is 2.90. The molecule has 0 radical (unpaired) electrons. The van der Waals surface area contributed by atoms with Crippen molar-refractivity contribution in [2.75, 3.05) is 0 Å². The van der Waals surface area contributed by atoms with Gasteiger partial charge in [0.1, 0.15) is 0 Å². The Bertz CT molecular complexity index is 522.